The summed E-state index contributed by atoms with van der Waals surface area (Å²) < 4.78 is 11.9. The standard InChI is InChI=1S/C28H28N6O2S/c1-17-6-7-18(10-25(17)37(2)36)27(35)31-14-21-11-24-19(13-30-21)8-9-23(32-24)22-4-3-5-26(33-22)34-15-20-12-28(20,29)16-34/h3-11,13,20H,12,14-16,29H2,1-2H3,(H,31,35). The highest BCUT2D eigenvalue weighted by molar-refractivity contribution is 7.84. The zero-order chi connectivity index (χ0) is 25.7. The number of fused-ring (bicyclic) bond motifs is 2. The number of nitrogens with zero attached hydrogens (tertiary/aromatic N) is 4. The minimum absolute atomic E-state index is 0.0335. The lowest BCUT2D eigenvalue weighted by atomic mass is 10.1. The summed E-state index contributed by atoms with van der Waals surface area (Å²) in [4.78, 5) is 29.8. The molecule has 1 aliphatic heterocycles. The lowest BCUT2D eigenvalue weighted by Gasteiger charge is -2.20. The number of piperidine rings is 1. The van der Waals surface area contributed by atoms with Crippen LogP contribution in [0.25, 0.3) is 22.3 Å². The lowest BCUT2D eigenvalue weighted by Crippen LogP contribution is -2.33. The summed E-state index contributed by atoms with van der Waals surface area (Å²) in [5.41, 5.74) is 10.8. The highest BCUT2D eigenvalue weighted by Gasteiger charge is 2.57. The monoisotopic (exact) mass is 512 g/mol. The Balaban J connectivity index is 1.19. The predicted octanol–water partition coefficient (Wildman–Crippen LogP) is 3.21. The fourth-order valence-corrected chi connectivity index (χ4v) is 5.88. The van der Waals surface area contributed by atoms with Crippen LogP contribution in [0.5, 0.6) is 0 Å². The predicted molar refractivity (Wildman–Crippen MR) is 145 cm³/mol. The molecule has 188 valence electrons. The Bertz CT molecular complexity index is 1570. The van der Waals surface area contributed by atoms with Crippen molar-refractivity contribution in [3.63, 3.8) is 0 Å². The van der Waals surface area contributed by atoms with E-state index in [0.717, 1.165) is 53.2 Å². The van der Waals surface area contributed by atoms with Crippen LogP contribution in [-0.2, 0) is 17.3 Å². The third kappa shape index (κ3) is 4.60. The van der Waals surface area contributed by atoms with Crippen LogP contribution in [0.1, 0.15) is 28.0 Å². The lowest BCUT2D eigenvalue weighted by molar-refractivity contribution is 0.0950. The molecule has 2 fully saturated rings. The van der Waals surface area contributed by atoms with Gasteiger partial charge in [0.15, 0.2) is 0 Å². The van der Waals surface area contributed by atoms with Gasteiger partial charge in [-0.15, -0.1) is 0 Å². The molecule has 3 unspecified atom stereocenters. The Morgan fingerprint density at radius 2 is 2.00 bits per heavy atom. The quantitative estimate of drug-likeness (QED) is 0.408. The number of nitrogens with one attached hydrogen (secondary N) is 1. The van der Waals surface area contributed by atoms with Crippen LogP contribution >= 0.6 is 0 Å². The molecule has 8 nitrogen and oxygen atoms in total. The number of hydrogen-bond donors (Lipinski definition) is 2. The second-order valence-electron chi connectivity index (χ2n) is 10.1. The van der Waals surface area contributed by atoms with Crippen molar-refractivity contribution in [3.05, 3.63) is 77.6 Å². The van der Waals surface area contributed by atoms with Crippen molar-refractivity contribution in [2.45, 2.75) is 30.3 Å². The fourth-order valence-electron chi connectivity index (χ4n) is 5.06. The first-order valence-corrected chi connectivity index (χ1v) is 13.8. The maximum atomic E-state index is 12.7. The minimum Gasteiger partial charge on any atom is -0.354 e. The molecule has 3 atom stereocenters. The summed E-state index contributed by atoms with van der Waals surface area (Å²) in [6.45, 7) is 3.94. The number of rotatable bonds is 6. The molecule has 3 aromatic heterocycles. The number of aryl methyl sites for hydroxylation is 1. The Hall–Kier alpha value is -3.69. The molecule has 1 amide bonds. The van der Waals surface area contributed by atoms with E-state index in [2.05, 4.69) is 15.2 Å². The third-order valence-corrected chi connectivity index (χ3v) is 8.41. The van der Waals surface area contributed by atoms with Crippen molar-refractivity contribution in [1.82, 2.24) is 20.3 Å². The average Bonchev–Trinajstić information content (AvgIpc) is 3.42. The van der Waals surface area contributed by atoms with Gasteiger partial charge in [-0.3, -0.25) is 14.0 Å². The summed E-state index contributed by atoms with van der Waals surface area (Å²) in [5, 5.41) is 3.81. The molecule has 0 bridgehead atoms. The molecular formula is C28H28N6O2S. The van der Waals surface area contributed by atoms with Crippen molar-refractivity contribution < 1.29 is 9.00 Å². The molecule has 4 aromatic rings. The van der Waals surface area contributed by atoms with Crippen molar-refractivity contribution in [1.29, 1.82) is 0 Å². The van der Waals surface area contributed by atoms with Crippen LogP contribution in [0.15, 0.2) is 65.7 Å². The molecule has 9 heteroatoms. The number of aromatic nitrogens is 3. The average molecular weight is 513 g/mol. The SMILES string of the molecule is Cc1ccc(C(=O)NCc2cc3nc(-c4cccc(N5CC6CC6(N)C5)n4)ccc3cn2)cc1S(C)=O. The molecule has 6 rings (SSSR count). The van der Waals surface area contributed by atoms with E-state index in [1.807, 2.05) is 49.4 Å². The van der Waals surface area contributed by atoms with Crippen molar-refractivity contribution in [2.24, 2.45) is 11.7 Å². The Morgan fingerprint density at radius 1 is 1.16 bits per heavy atom. The number of pyridine rings is 3. The summed E-state index contributed by atoms with van der Waals surface area (Å²) >= 11 is 0. The van der Waals surface area contributed by atoms with Gasteiger partial charge >= 0.3 is 0 Å². The minimum atomic E-state index is -1.16. The molecular weight excluding hydrogens is 484 g/mol. The fraction of sp³-hybridized carbons (Fsp3) is 0.286. The number of hydrogen-bond acceptors (Lipinski definition) is 7. The van der Waals surface area contributed by atoms with E-state index in [0.29, 0.717) is 22.1 Å². The van der Waals surface area contributed by atoms with Gasteiger partial charge in [0, 0.05) is 46.9 Å². The van der Waals surface area contributed by atoms with Gasteiger partial charge in [-0.2, -0.15) is 0 Å². The molecule has 37 heavy (non-hydrogen) atoms. The van der Waals surface area contributed by atoms with Crippen LogP contribution in [0.2, 0.25) is 0 Å². The smallest absolute Gasteiger partial charge is 0.251 e. The molecule has 0 radical (unpaired) electrons. The number of amides is 1. The molecule has 1 aromatic carbocycles. The van der Waals surface area contributed by atoms with Crippen molar-refractivity contribution in [3.8, 4) is 11.4 Å². The molecule has 0 spiro atoms. The molecule has 3 N–H and O–H groups in total. The van der Waals surface area contributed by atoms with Gasteiger partial charge in [-0.05, 0) is 67.3 Å². The maximum Gasteiger partial charge on any atom is 0.251 e. The second-order valence-corrected chi connectivity index (χ2v) is 11.4. The van der Waals surface area contributed by atoms with Gasteiger partial charge in [0.25, 0.3) is 5.91 Å². The summed E-state index contributed by atoms with van der Waals surface area (Å²) in [7, 11) is -1.16. The third-order valence-electron chi connectivity index (χ3n) is 7.35. The Labute approximate surface area is 217 Å². The van der Waals surface area contributed by atoms with Crippen molar-refractivity contribution >= 4 is 33.4 Å². The zero-order valence-electron chi connectivity index (χ0n) is 20.8. The first-order valence-electron chi connectivity index (χ1n) is 12.3. The van der Waals surface area contributed by atoms with E-state index >= 15 is 0 Å². The van der Waals surface area contributed by atoms with E-state index in [4.69, 9.17) is 15.7 Å². The number of carbonyl (C=O) groups is 1. The maximum absolute atomic E-state index is 12.7. The van der Waals surface area contributed by atoms with E-state index in [1.54, 1.807) is 24.6 Å². The van der Waals surface area contributed by atoms with Crippen LogP contribution in [-0.4, -0.2) is 50.0 Å². The molecule has 1 saturated carbocycles. The van der Waals surface area contributed by atoms with Crippen molar-refractivity contribution in [2.75, 3.05) is 24.2 Å². The van der Waals surface area contributed by atoms with Gasteiger partial charge in [0.2, 0.25) is 0 Å². The first-order chi connectivity index (χ1) is 17.8. The number of nitrogens with two attached hydrogens (primary N) is 1. The molecule has 1 saturated heterocycles. The van der Waals surface area contributed by atoms with Gasteiger partial charge < -0.3 is 16.0 Å². The van der Waals surface area contributed by atoms with Crippen LogP contribution in [0.3, 0.4) is 0 Å². The summed E-state index contributed by atoms with van der Waals surface area (Å²) in [6, 6.07) is 17.1. The van der Waals surface area contributed by atoms with Gasteiger partial charge in [0.1, 0.15) is 5.82 Å². The van der Waals surface area contributed by atoms with Crippen LogP contribution in [0, 0.1) is 12.8 Å². The zero-order valence-corrected chi connectivity index (χ0v) is 21.6. The topological polar surface area (TPSA) is 114 Å². The van der Waals surface area contributed by atoms with E-state index < -0.39 is 10.8 Å². The Kier molecular flexibility index (Phi) is 5.77. The summed E-state index contributed by atoms with van der Waals surface area (Å²) in [5.74, 6) is 1.27. The van der Waals surface area contributed by atoms with Gasteiger partial charge in [-0.1, -0.05) is 12.1 Å². The van der Waals surface area contributed by atoms with Crippen LogP contribution < -0.4 is 16.0 Å². The van der Waals surface area contributed by atoms with Gasteiger partial charge in [0.05, 0.1) is 39.9 Å². The number of benzene rings is 1. The second kappa shape index (κ2) is 9.00. The largest absolute Gasteiger partial charge is 0.354 e. The molecule has 1 aliphatic carbocycles. The molecule has 2 aliphatic rings. The summed E-state index contributed by atoms with van der Waals surface area (Å²) in [6.07, 6.45) is 4.48. The normalized spacial score (nSPS) is 21.1. The van der Waals surface area contributed by atoms with E-state index in [1.165, 1.54) is 0 Å². The van der Waals surface area contributed by atoms with Gasteiger partial charge in [-0.25, -0.2) is 9.97 Å². The number of anilines is 1. The number of carbonyl (C=O) groups excluding carboxylic acids is 1. The highest BCUT2D eigenvalue weighted by Crippen LogP contribution is 2.48. The van der Waals surface area contributed by atoms with E-state index in [-0.39, 0.29) is 18.0 Å². The highest BCUT2D eigenvalue weighted by atomic mass is 32.2. The Morgan fingerprint density at radius 3 is 2.78 bits per heavy atom. The van der Waals surface area contributed by atoms with E-state index in [9.17, 15) is 9.00 Å². The first kappa shape index (κ1) is 23.7. The molecule has 4 heterocycles. The van der Waals surface area contributed by atoms with Crippen LogP contribution in [0.4, 0.5) is 5.82 Å².